The molecule has 2 aliphatic rings. The molecular formula is C23H31N5O6. The molecule has 1 aromatic carbocycles. The molecule has 0 spiro atoms. The van der Waals surface area contributed by atoms with Crippen molar-refractivity contribution in [3.8, 4) is 0 Å². The van der Waals surface area contributed by atoms with Gasteiger partial charge in [-0.3, -0.25) is 28.9 Å². The van der Waals surface area contributed by atoms with Gasteiger partial charge >= 0.3 is 11.8 Å². The topological polar surface area (TPSA) is 124 Å². The molecule has 4 rings (SSSR count). The third kappa shape index (κ3) is 5.15. The summed E-state index contributed by atoms with van der Waals surface area (Å²) in [6, 6.07) is 5.19. The molecule has 0 bridgehead atoms. The number of alkyl carbamates (subject to hydrolysis) is 1. The highest BCUT2D eigenvalue weighted by Crippen LogP contribution is 2.24. The molecule has 2 saturated heterocycles. The predicted molar refractivity (Wildman–Crippen MR) is 124 cm³/mol. The molecule has 1 aromatic heterocycles. The van der Waals surface area contributed by atoms with E-state index in [2.05, 4.69) is 15.5 Å². The van der Waals surface area contributed by atoms with Crippen LogP contribution in [0.3, 0.4) is 0 Å². The van der Waals surface area contributed by atoms with Gasteiger partial charge in [-0.1, -0.05) is 6.07 Å². The molecule has 2 aliphatic heterocycles. The molecule has 0 radical (unpaired) electrons. The van der Waals surface area contributed by atoms with Gasteiger partial charge in [-0.25, -0.2) is 9.59 Å². The fourth-order valence-electron chi connectivity index (χ4n) is 4.63. The van der Waals surface area contributed by atoms with E-state index in [1.54, 1.807) is 11.6 Å². The highest BCUT2D eigenvalue weighted by atomic mass is 16.6. The van der Waals surface area contributed by atoms with Crippen molar-refractivity contribution in [2.24, 2.45) is 7.05 Å². The smallest absolute Gasteiger partial charge is 0.406 e. The third-order valence-corrected chi connectivity index (χ3v) is 6.44. The lowest BCUT2D eigenvalue weighted by Gasteiger charge is -2.32. The number of nitrogens with one attached hydrogen (secondary N) is 2. The second kappa shape index (κ2) is 10.4. The Kier molecular flexibility index (Phi) is 7.32. The normalized spacial score (nSPS) is 21.5. The van der Waals surface area contributed by atoms with Crippen molar-refractivity contribution < 1.29 is 23.9 Å². The minimum absolute atomic E-state index is 0.135. The van der Waals surface area contributed by atoms with Crippen LogP contribution >= 0.6 is 0 Å². The van der Waals surface area contributed by atoms with Gasteiger partial charge in [0.15, 0.2) is 0 Å². The predicted octanol–water partition coefficient (Wildman–Crippen LogP) is 0.307. The van der Waals surface area contributed by atoms with Crippen LogP contribution < -0.4 is 16.3 Å². The highest BCUT2D eigenvalue weighted by molar-refractivity contribution is 6.00. The van der Waals surface area contributed by atoms with E-state index in [9.17, 15) is 19.2 Å². The van der Waals surface area contributed by atoms with Crippen molar-refractivity contribution in [3.05, 3.63) is 34.2 Å². The van der Waals surface area contributed by atoms with E-state index in [-0.39, 0.29) is 30.7 Å². The zero-order chi connectivity index (χ0) is 24.2. The number of aryl methyl sites for hydroxylation is 2. The number of carbonyl (C=O) groups is 3. The van der Waals surface area contributed by atoms with Crippen LogP contribution in [0, 0.1) is 0 Å². The lowest BCUT2D eigenvalue weighted by molar-refractivity contribution is -0.135. The Morgan fingerprint density at radius 2 is 2.09 bits per heavy atom. The van der Waals surface area contributed by atoms with Crippen LogP contribution in [-0.2, 0) is 32.5 Å². The number of fused-ring (bicyclic) bond motifs is 1. The molecule has 2 atom stereocenters. The summed E-state index contributed by atoms with van der Waals surface area (Å²) >= 11 is 0. The minimum Gasteiger partial charge on any atom is -0.447 e. The molecule has 11 heteroatoms. The fraction of sp³-hybridized carbons (Fsp3) is 0.565. The summed E-state index contributed by atoms with van der Waals surface area (Å²) < 4.78 is 13.8. The number of aromatic nitrogens is 2. The van der Waals surface area contributed by atoms with E-state index in [1.807, 2.05) is 18.2 Å². The van der Waals surface area contributed by atoms with E-state index in [0.717, 1.165) is 37.0 Å². The van der Waals surface area contributed by atoms with Gasteiger partial charge in [0.1, 0.15) is 18.8 Å². The second-order valence-corrected chi connectivity index (χ2v) is 8.75. The number of rotatable bonds is 7. The fourth-order valence-corrected chi connectivity index (χ4v) is 4.63. The molecule has 184 valence electrons. The zero-order valence-corrected chi connectivity index (χ0v) is 19.5. The Hall–Kier alpha value is -3.18. The number of imide groups is 1. The molecule has 1 unspecified atom stereocenters. The molecule has 11 nitrogen and oxygen atoms in total. The van der Waals surface area contributed by atoms with Gasteiger partial charge in [-0.15, -0.1) is 0 Å². The summed E-state index contributed by atoms with van der Waals surface area (Å²) in [5.74, 6) is -0.734. The average Bonchev–Trinajstić information content (AvgIpc) is 3.07. The van der Waals surface area contributed by atoms with Gasteiger partial charge < -0.3 is 14.8 Å². The summed E-state index contributed by atoms with van der Waals surface area (Å²) in [5.41, 5.74) is 2.30. The molecule has 2 N–H and O–H groups in total. The summed E-state index contributed by atoms with van der Waals surface area (Å²) in [6.45, 7) is 3.25. The Labute approximate surface area is 197 Å². The quantitative estimate of drug-likeness (QED) is 0.555. The summed E-state index contributed by atoms with van der Waals surface area (Å²) in [4.78, 5) is 50.3. The van der Waals surface area contributed by atoms with E-state index in [4.69, 9.17) is 9.47 Å². The minimum atomic E-state index is -0.679. The molecule has 3 amide bonds. The van der Waals surface area contributed by atoms with Crippen LogP contribution in [0.15, 0.2) is 23.0 Å². The van der Waals surface area contributed by atoms with Crippen molar-refractivity contribution in [3.63, 3.8) is 0 Å². The first-order valence-corrected chi connectivity index (χ1v) is 11.6. The molecule has 0 saturated carbocycles. The van der Waals surface area contributed by atoms with Gasteiger partial charge in [0, 0.05) is 33.6 Å². The van der Waals surface area contributed by atoms with Crippen LogP contribution in [0.2, 0.25) is 0 Å². The maximum atomic E-state index is 12.9. The average molecular weight is 474 g/mol. The Balaban J connectivity index is 1.38. The largest absolute Gasteiger partial charge is 0.447 e. The molecule has 2 fully saturated rings. The standard InChI is InChI=1S/C23H31N5O6/c1-24-22(31)34-14-16-13-27(10-11-33-16)9-3-4-15-5-6-17-19(12-15)26(2)23(32)28(17)18-7-8-20(29)25-21(18)30/h5-6,12,16,18H,3-4,7-11,13-14H2,1-2H3,(H,24,31)(H,25,29,30)/t16-,18?/m0/s1. The van der Waals surface area contributed by atoms with Crippen molar-refractivity contribution in [1.29, 1.82) is 0 Å². The second-order valence-electron chi connectivity index (χ2n) is 8.75. The maximum Gasteiger partial charge on any atom is 0.406 e. The van der Waals surface area contributed by atoms with Gasteiger partial charge in [0.25, 0.3) is 0 Å². The number of hydrogen-bond acceptors (Lipinski definition) is 7. The van der Waals surface area contributed by atoms with Crippen LogP contribution in [0.25, 0.3) is 11.0 Å². The van der Waals surface area contributed by atoms with E-state index < -0.39 is 18.0 Å². The number of hydrogen-bond donors (Lipinski definition) is 2. The number of amides is 3. The van der Waals surface area contributed by atoms with E-state index in [0.29, 0.717) is 25.1 Å². The van der Waals surface area contributed by atoms with Crippen LogP contribution in [-0.4, -0.2) is 77.9 Å². The molecule has 3 heterocycles. The third-order valence-electron chi connectivity index (χ3n) is 6.44. The number of morpholine rings is 1. The maximum absolute atomic E-state index is 12.9. The van der Waals surface area contributed by atoms with Crippen molar-refractivity contribution >= 4 is 28.9 Å². The zero-order valence-electron chi connectivity index (χ0n) is 19.5. The van der Waals surface area contributed by atoms with Gasteiger partial charge in [-0.2, -0.15) is 0 Å². The van der Waals surface area contributed by atoms with E-state index in [1.165, 1.54) is 11.6 Å². The first-order valence-electron chi connectivity index (χ1n) is 11.6. The summed E-state index contributed by atoms with van der Waals surface area (Å²) in [7, 11) is 3.22. The van der Waals surface area contributed by atoms with Gasteiger partial charge in [0.05, 0.1) is 17.6 Å². The number of ether oxygens (including phenoxy) is 2. The summed E-state index contributed by atoms with van der Waals surface area (Å²) in [5, 5.41) is 4.76. The first kappa shape index (κ1) is 24.0. The monoisotopic (exact) mass is 473 g/mol. The number of piperidine rings is 1. The van der Waals surface area contributed by atoms with Gasteiger partial charge in [-0.05, 0) is 43.5 Å². The Morgan fingerprint density at radius 3 is 2.85 bits per heavy atom. The molecule has 0 aliphatic carbocycles. The Morgan fingerprint density at radius 1 is 1.26 bits per heavy atom. The highest BCUT2D eigenvalue weighted by Gasteiger charge is 2.31. The lowest BCUT2D eigenvalue weighted by Crippen LogP contribution is -2.45. The molecular weight excluding hydrogens is 442 g/mol. The number of nitrogens with zero attached hydrogens (tertiary/aromatic N) is 3. The Bertz CT molecular complexity index is 1140. The SMILES string of the molecule is CNC(=O)OC[C@@H]1CN(CCCc2ccc3c(c2)n(C)c(=O)n3C2CCC(=O)NC2=O)CCO1. The summed E-state index contributed by atoms with van der Waals surface area (Å²) in [6.07, 6.45) is 1.71. The van der Waals surface area contributed by atoms with Crippen LogP contribution in [0.1, 0.15) is 30.9 Å². The van der Waals surface area contributed by atoms with Crippen LogP contribution in [0.5, 0.6) is 0 Å². The number of carbonyl (C=O) groups excluding carboxylic acids is 3. The van der Waals surface area contributed by atoms with E-state index >= 15 is 0 Å². The lowest BCUT2D eigenvalue weighted by atomic mass is 10.0. The molecule has 2 aromatic rings. The van der Waals surface area contributed by atoms with Gasteiger partial charge in [0.2, 0.25) is 11.8 Å². The molecule has 34 heavy (non-hydrogen) atoms. The van der Waals surface area contributed by atoms with Crippen molar-refractivity contribution in [2.75, 3.05) is 39.9 Å². The van der Waals surface area contributed by atoms with Crippen LogP contribution in [0.4, 0.5) is 4.79 Å². The number of benzene rings is 1. The van der Waals surface area contributed by atoms with Crippen molar-refractivity contribution in [2.45, 2.75) is 37.8 Å². The van der Waals surface area contributed by atoms with Crippen molar-refractivity contribution in [1.82, 2.24) is 24.7 Å². The number of imidazole rings is 1. The first-order chi connectivity index (χ1) is 16.4.